The van der Waals surface area contributed by atoms with Crippen LogP contribution in [0.4, 0.5) is 0 Å². The molecular formula is C24H35IO5. The van der Waals surface area contributed by atoms with E-state index in [0.29, 0.717) is 24.2 Å². The Hall–Kier alpha value is -0.890. The van der Waals surface area contributed by atoms with E-state index >= 15 is 0 Å². The first-order valence-electron chi connectivity index (χ1n) is 11.3. The Balaban J connectivity index is 1.76. The molecule has 8 atom stereocenters. The number of ether oxygens (including phenoxy) is 2. The second kappa shape index (κ2) is 9.72. The number of halogens is 1. The zero-order valence-electron chi connectivity index (χ0n) is 18.5. The van der Waals surface area contributed by atoms with Crippen molar-refractivity contribution >= 4 is 34.5 Å². The molecule has 3 rings (SSSR count). The Morgan fingerprint density at radius 3 is 2.73 bits per heavy atom. The lowest BCUT2D eigenvalue weighted by atomic mass is 9.65. The van der Waals surface area contributed by atoms with Gasteiger partial charge in [0.05, 0.1) is 12.5 Å². The standard InChI is InChI=1S/C24H35IO5/c1-5-24(4,25)23(28)30-20-11-14(2)10-16-7-6-15(3)19(22(16)20)9-8-18-12-17(26)13-21(27)29-18/h6-7,10,14-15,17-20,22,26H,5,8-9,11-13H2,1-4H3/t14-,15-,17+,18+,19-,20-,22?,24+/m0/s1. The predicted molar refractivity (Wildman–Crippen MR) is 124 cm³/mol. The number of aliphatic hydroxyl groups is 1. The van der Waals surface area contributed by atoms with Gasteiger partial charge in [0.2, 0.25) is 0 Å². The van der Waals surface area contributed by atoms with Crippen LogP contribution in [0.2, 0.25) is 0 Å². The molecule has 2 aliphatic carbocycles. The van der Waals surface area contributed by atoms with Gasteiger partial charge >= 0.3 is 11.9 Å². The van der Waals surface area contributed by atoms with Crippen molar-refractivity contribution in [1.82, 2.24) is 0 Å². The van der Waals surface area contributed by atoms with E-state index in [1.807, 2.05) is 13.8 Å². The first-order valence-corrected chi connectivity index (χ1v) is 12.4. The van der Waals surface area contributed by atoms with E-state index in [2.05, 4.69) is 54.7 Å². The number of alkyl halides is 1. The average molecular weight is 530 g/mol. The zero-order valence-corrected chi connectivity index (χ0v) is 20.6. The number of hydrogen-bond donors (Lipinski definition) is 1. The normalized spacial score (nSPS) is 38.1. The lowest BCUT2D eigenvalue weighted by Gasteiger charge is -2.44. The summed E-state index contributed by atoms with van der Waals surface area (Å²) in [7, 11) is 0. The fourth-order valence-corrected chi connectivity index (χ4v) is 5.17. The Bertz CT molecular complexity index is 712. The van der Waals surface area contributed by atoms with Crippen LogP contribution in [0.25, 0.3) is 0 Å². The number of fused-ring (bicyclic) bond motifs is 1. The first kappa shape index (κ1) is 23.8. The molecule has 1 N–H and O–H groups in total. The summed E-state index contributed by atoms with van der Waals surface area (Å²) in [6.07, 6.45) is 9.58. The monoisotopic (exact) mass is 530 g/mol. The highest BCUT2D eigenvalue weighted by molar-refractivity contribution is 14.1. The molecule has 30 heavy (non-hydrogen) atoms. The van der Waals surface area contributed by atoms with Crippen molar-refractivity contribution < 1.29 is 24.2 Å². The number of cyclic esters (lactones) is 1. The number of hydrogen-bond acceptors (Lipinski definition) is 5. The largest absolute Gasteiger partial charge is 0.462 e. The van der Waals surface area contributed by atoms with E-state index in [-0.39, 0.29) is 36.5 Å². The molecule has 0 aromatic heterocycles. The maximum Gasteiger partial charge on any atom is 0.322 e. The van der Waals surface area contributed by atoms with Crippen molar-refractivity contribution in [1.29, 1.82) is 0 Å². The SMILES string of the molecule is CC[C@@](C)(I)C(=O)O[C@H]1C[C@@H](C)C=C2C=C[C@H](C)[C@H](CC[C@@H]3C[C@@H](O)CC(=O)O3)C21. The second-order valence-corrected chi connectivity index (χ2v) is 11.9. The number of esters is 2. The number of allylic oxidation sites excluding steroid dienone is 3. The van der Waals surface area contributed by atoms with Crippen molar-refractivity contribution in [2.24, 2.45) is 23.7 Å². The Labute approximate surface area is 193 Å². The van der Waals surface area contributed by atoms with Gasteiger partial charge in [-0.1, -0.05) is 61.6 Å². The molecule has 1 aliphatic heterocycles. The van der Waals surface area contributed by atoms with Crippen molar-refractivity contribution in [3.8, 4) is 0 Å². The Morgan fingerprint density at radius 1 is 1.33 bits per heavy atom. The summed E-state index contributed by atoms with van der Waals surface area (Å²) >= 11 is 2.20. The van der Waals surface area contributed by atoms with Crippen LogP contribution >= 0.6 is 22.6 Å². The minimum absolute atomic E-state index is 0.0942. The molecular weight excluding hydrogens is 495 g/mol. The molecule has 0 radical (unpaired) electrons. The number of carbonyl (C=O) groups excluding carboxylic acids is 2. The highest BCUT2D eigenvalue weighted by Gasteiger charge is 2.43. The van der Waals surface area contributed by atoms with E-state index in [0.717, 1.165) is 25.7 Å². The highest BCUT2D eigenvalue weighted by atomic mass is 127. The van der Waals surface area contributed by atoms with Crippen molar-refractivity contribution in [3.05, 3.63) is 23.8 Å². The summed E-state index contributed by atoms with van der Waals surface area (Å²) in [5, 5.41) is 9.92. The predicted octanol–water partition coefficient (Wildman–Crippen LogP) is 4.75. The molecule has 1 unspecified atom stereocenters. The zero-order chi connectivity index (χ0) is 22.1. The fraction of sp³-hybridized carbons (Fsp3) is 0.750. The van der Waals surface area contributed by atoms with E-state index in [1.54, 1.807) is 0 Å². The summed E-state index contributed by atoms with van der Waals surface area (Å²) in [6.45, 7) is 8.33. The third-order valence-electron chi connectivity index (χ3n) is 7.00. The van der Waals surface area contributed by atoms with Crippen LogP contribution in [0.5, 0.6) is 0 Å². The summed E-state index contributed by atoms with van der Waals surface area (Å²) in [6, 6.07) is 0. The fourth-order valence-electron chi connectivity index (χ4n) is 5.04. The summed E-state index contributed by atoms with van der Waals surface area (Å²) in [5.74, 6) is 0.752. The quantitative estimate of drug-likeness (QED) is 0.305. The van der Waals surface area contributed by atoms with Gasteiger partial charge in [0.15, 0.2) is 0 Å². The molecule has 3 aliphatic rings. The van der Waals surface area contributed by atoms with E-state index in [9.17, 15) is 14.7 Å². The number of carbonyl (C=O) groups is 2. The van der Waals surface area contributed by atoms with E-state index in [1.165, 1.54) is 5.57 Å². The maximum absolute atomic E-state index is 12.9. The van der Waals surface area contributed by atoms with Crippen LogP contribution in [0.1, 0.15) is 66.2 Å². The molecule has 0 amide bonds. The number of aliphatic hydroxyl groups excluding tert-OH is 1. The van der Waals surface area contributed by atoms with Gasteiger partial charge in [-0.3, -0.25) is 9.59 Å². The number of rotatable bonds is 6. The molecule has 1 heterocycles. The third kappa shape index (κ3) is 5.47. The molecule has 0 aromatic carbocycles. The van der Waals surface area contributed by atoms with Crippen molar-refractivity contribution in [2.45, 2.75) is 88.0 Å². The van der Waals surface area contributed by atoms with Crippen LogP contribution in [0.15, 0.2) is 23.8 Å². The van der Waals surface area contributed by atoms with E-state index < -0.39 is 9.53 Å². The van der Waals surface area contributed by atoms with Crippen molar-refractivity contribution in [3.63, 3.8) is 0 Å². The molecule has 168 valence electrons. The third-order valence-corrected chi connectivity index (χ3v) is 8.20. The van der Waals surface area contributed by atoms with Crippen LogP contribution in [-0.2, 0) is 19.1 Å². The van der Waals surface area contributed by atoms with Crippen LogP contribution in [-0.4, -0.2) is 38.8 Å². The molecule has 0 aromatic rings. The molecule has 0 spiro atoms. The van der Waals surface area contributed by atoms with Gasteiger partial charge in [-0.05, 0) is 55.9 Å². The second-order valence-electron chi connectivity index (χ2n) is 9.57. The Morgan fingerprint density at radius 2 is 2.07 bits per heavy atom. The molecule has 6 heteroatoms. The molecule has 1 saturated heterocycles. The summed E-state index contributed by atoms with van der Waals surface area (Å²) in [5.41, 5.74) is 1.27. The summed E-state index contributed by atoms with van der Waals surface area (Å²) < 4.78 is 11.1. The average Bonchev–Trinajstić information content (AvgIpc) is 2.66. The molecule has 0 saturated carbocycles. The molecule has 0 bridgehead atoms. The Kier molecular flexibility index (Phi) is 7.70. The van der Waals surface area contributed by atoms with Gasteiger partial charge in [-0.25, -0.2) is 0 Å². The van der Waals surface area contributed by atoms with Gasteiger partial charge in [-0.15, -0.1) is 0 Å². The van der Waals surface area contributed by atoms with Crippen molar-refractivity contribution in [2.75, 3.05) is 0 Å². The van der Waals surface area contributed by atoms with Gasteiger partial charge in [0.1, 0.15) is 15.6 Å². The minimum Gasteiger partial charge on any atom is -0.462 e. The smallest absolute Gasteiger partial charge is 0.322 e. The van der Waals surface area contributed by atoms with Gasteiger partial charge in [-0.2, -0.15) is 0 Å². The lowest BCUT2D eigenvalue weighted by molar-refractivity contribution is -0.161. The van der Waals surface area contributed by atoms with Crippen LogP contribution in [0, 0.1) is 23.7 Å². The van der Waals surface area contributed by atoms with Gasteiger partial charge < -0.3 is 14.6 Å². The summed E-state index contributed by atoms with van der Waals surface area (Å²) in [4.78, 5) is 24.6. The lowest BCUT2D eigenvalue weighted by Crippen LogP contribution is -2.44. The molecule has 1 fully saturated rings. The van der Waals surface area contributed by atoms with E-state index in [4.69, 9.17) is 9.47 Å². The van der Waals surface area contributed by atoms with Crippen LogP contribution < -0.4 is 0 Å². The van der Waals surface area contributed by atoms with Gasteiger partial charge in [0.25, 0.3) is 0 Å². The maximum atomic E-state index is 12.9. The minimum atomic E-state index is -0.602. The molecule has 5 nitrogen and oxygen atoms in total. The van der Waals surface area contributed by atoms with Crippen LogP contribution in [0.3, 0.4) is 0 Å². The first-order chi connectivity index (χ1) is 14.1. The van der Waals surface area contributed by atoms with Gasteiger partial charge in [0, 0.05) is 12.3 Å². The topological polar surface area (TPSA) is 72.8 Å². The highest BCUT2D eigenvalue weighted by Crippen LogP contribution is 2.45.